The lowest BCUT2D eigenvalue weighted by Crippen LogP contribution is -2.36. The summed E-state index contributed by atoms with van der Waals surface area (Å²) in [6.45, 7) is 7.32. The van der Waals surface area contributed by atoms with Crippen LogP contribution < -0.4 is 15.0 Å². The van der Waals surface area contributed by atoms with Crippen molar-refractivity contribution in [2.45, 2.75) is 27.7 Å². The molecule has 0 saturated heterocycles. The summed E-state index contributed by atoms with van der Waals surface area (Å²) in [5.41, 5.74) is 4.53. The predicted molar refractivity (Wildman–Crippen MR) is 100 cm³/mol. The second-order valence-electron chi connectivity index (χ2n) is 6.13. The van der Waals surface area contributed by atoms with Crippen molar-refractivity contribution < 1.29 is 14.3 Å². The summed E-state index contributed by atoms with van der Waals surface area (Å²) in [6, 6.07) is 11.3. The molecule has 0 radical (unpaired) electrons. The minimum Gasteiger partial charge on any atom is -0.495 e. The third-order valence-electron chi connectivity index (χ3n) is 4.11. The van der Waals surface area contributed by atoms with E-state index in [0.717, 1.165) is 16.7 Å². The number of anilines is 2. The van der Waals surface area contributed by atoms with Crippen molar-refractivity contribution in [1.82, 2.24) is 0 Å². The molecule has 0 aromatic heterocycles. The van der Waals surface area contributed by atoms with Crippen molar-refractivity contribution in [1.29, 1.82) is 0 Å². The molecule has 1 N–H and O–H groups in total. The first-order chi connectivity index (χ1) is 11.8. The summed E-state index contributed by atoms with van der Waals surface area (Å²) in [4.78, 5) is 26.0. The van der Waals surface area contributed by atoms with Crippen molar-refractivity contribution in [3.63, 3.8) is 0 Å². The Bertz CT molecular complexity index is 800. The fraction of sp³-hybridized carbons (Fsp3) is 0.300. The fourth-order valence-corrected chi connectivity index (χ4v) is 2.53. The van der Waals surface area contributed by atoms with E-state index in [4.69, 9.17) is 4.74 Å². The predicted octanol–water partition coefficient (Wildman–Crippen LogP) is 3.61. The number of amides is 2. The zero-order valence-electron chi connectivity index (χ0n) is 15.3. The van der Waals surface area contributed by atoms with Crippen molar-refractivity contribution in [2.24, 2.45) is 0 Å². The van der Waals surface area contributed by atoms with Crippen molar-refractivity contribution in [2.75, 3.05) is 23.9 Å². The highest BCUT2D eigenvalue weighted by molar-refractivity contribution is 6.02. The summed E-state index contributed by atoms with van der Waals surface area (Å²) in [7, 11) is 1.55. The van der Waals surface area contributed by atoms with Crippen LogP contribution in [-0.4, -0.2) is 25.5 Å². The van der Waals surface area contributed by atoms with E-state index in [9.17, 15) is 9.59 Å². The standard InChI is InChI=1S/C20H24N2O3/c1-13-6-9-19(25-5)18(10-13)21-20(24)12-22(16(4)23)17-8-7-14(2)15(3)11-17/h6-11H,12H2,1-5H3,(H,21,24). The molecule has 0 fully saturated rings. The molecule has 5 nitrogen and oxygen atoms in total. The lowest BCUT2D eigenvalue weighted by molar-refractivity contribution is -0.120. The summed E-state index contributed by atoms with van der Waals surface area (Å²) < 4.78 is 5.27. The molecule has 0 atom stereocenters. The third kappa shape index (κ3) is 4.59. The van der Waals surface area contributed by atoms with E-state index in [1.165, 1.54) is 11.8 Å². The minimum atomic E-state index is -0.280. The number of carbonyl (C=O) groups is 2. The van der Waals surface area contributed by atoms with Crippen LogP contribution in [0.25, 0.3) is 0 Å². The summed E-state index contributed by atoms with van der Waals surface area (Å²) in [5, 5.41) is 2.83. The molecule has 0 bridgehead atoms. The number of ether oxygens (including phenoxy) is 1. The fourth-order valence-electron chi connectivity index (χ4n) is 2.53. The number of aryl methyl sites for hydroxylation is 3. The summed E-state index contributed by atoms with van der Waals surface area (Å²) in [6.07, 6.45) is 0. The molecule has 2 aromatic rings. The van der Waals surface area contributed by atoms with E-state index in [2.05, 4.69) is 5.32 Å². The molecule has 2 rings (SSSR count). The SMILES string of the molecule is COc1ccc(C)cc1NC(=O)CN(C(C)=O)c1ccc(C)c(C)c1. The van der Waals surface area contributed by atoms with Gasteiger partial charge in [0.25, 0.3) is 0 Å². The molecule has 0 heterocycles. The molecule has 0 aliphatic rings. The van der Waals surface area contributed by atoms with Crippen LogP contribution in [0.5, 0.6) is 5.75 Å². The number of methoxy groups -OCH3 is 1. The molecule has 0 saturated carbocycles. The smallest absolute Gasteiger partial charge is 0.244 e. The summed E-state index contributed by atoms with van der Waals surface area (Å²) in [5.74, 6) is 0.117. The topological polar surface area (TPSA) is 58.6 Å². The van der Waals surface area contributed by atoms with Crippen LogP contribution in [0.3, 0.4) is 0 Å². The quantitative estimate of drug-likeness (QED) is 0.904. The second-order valence-corrected chi connectivity index (χ2v) is 6.13. The highest BCUT2D eigenvalue weighted by Crippen LogP contribution is 2.25. The molecule has 132 valence electrons. The number of hydrogen-bond donors (Lipinski definition) is 1. The van der Waals surface area contributed by atoms with Gasteiger partial charge in [0.15, 0.2) is 0 Å². The van der Waals surface area contributed by atoms with Gasteiger partial charge < -0.3 is 15.0 Å². The molecule has 0 aliphatic heterocycles. The maximum atomic E-state index is 12.5. The van der Waals surface area contributed by atoms with E-state index in [1.807, 2.05) is 51.1 Å². The van der Waals surface area contributed by atoms with Crippen LogP contribution in [0, 0.1) is 20.8 Å². The van der Waals surface area contributed by atoms with Crippen molar-refractivity contribution in [3.8, 4) is 5.75 Å². The average molecular weight is 340 g/mol. The van der Waals surface area contributed by atoms with Crippen LogP contribution in [0.1, 0.15) is 23.6 Å². The largest absolute Gasteiger partial charge is 0.495 e. The van der Waals surface area contributed by atoms with Gasteiger partial charge >= 0.3 is 0 Å². The normalized spacial score (nSPS) is 10.3. The van der Waals surface area contributed by atoms with Gasteiger partial charge in [0.05, 0.1) is 12.8 Å². The molecule has 25 heavy (non-hydrogen) atoms. The number of nitrogens with one attached hydrogen (secondary N) is 1. The molecule has 0 spiro atoms. The number of rotatable bonds is 5. The van der Waals surface area contributed by atoms with E-state index >= 15 is 0 Å². The number of carbonyl (C=O) groups excluding carboxylic acids is 2. The average Bonchev–Trinajstić information content (AvgIpc) is 2.55. The van der Waals surface area contributed by atoms with Gasteiger partial charge in [-0.1, -0.05) is 12.1 Å². The Morgan fingerprint density at radius 2 is 1.76 bits per heavy atom. The van der Waals surface area contributed by atoms with Crippen LogP contribution in [-0.2, 0) is 9.59 Å². The van der Waals surface area contributed by atoms with Crippen LogP contribution in [0.15, 0.2) is 36.4 Å². The zero-order chi connectivity index (χ0) is 18.6. The van der Waals surface area contributed by atoms with Crippen LogP contribution in [0.4, 0.5) is 11.4 Å². The molecule has 2 aromatic carbocycles. The Balaban J connectivity index is 2.20. The molecule has 0 aliphatic carbocycles. The maximum absolute atomic E-state index is 12.5. The van der Waals surface area contributed by atoms with E-state index in [-0.39, 0.29) is 18.4 Å². The first-order valence-corrected chi connectivity index (χ1v) is 8.11. The third-order valence-corrected chi connectivity index (χ3v) is 4.11. The van der Waals surface area contributed by atoms with Crippen molar-refractivity contribution in [3.05, 3.63) is 53.1 Å². The Hall–Kier alpha value is -2.82. The van der Waals surface area contributed by atoms with Gasteiger partial charge in [-0.3, -0.25) is 9.59 Å². The lowest BCUT2D eigenvalue weighted by Gasteiger charge is -2.22. The van der Waals surface area contributed by atoms with Crippen LogP contribution in [0.2, 0.25) is 0 Å². The van der Waals surface area contributed by atoms with Gasteiger partial charge in [-0.25, -0.2) is 0 Å². The van der Waals surface area contributed by atoms with Gasteiger partial charge in [-0.05, 0) is 61.7 Å². The molecular weight excluding hydrogens is 316 g/mol. The highest BCUT2D eigenvalue weighted by atomic mass is 16.5. The lowest BCUT2D eigenvalue weighted by atomic mass is 10.1. The minimum absolute atomic E-state index is 0.0606. The molecule has 2 amide bonds. The second kappa shape index (κ2) is 7.83. The first-order valence-electron chi connectivity index (χ1n) is 8.11. The number of benzene rings is 2. The van der Waals surface area contributed by atoms with Gasteiger partial charge in [0, 0.05) is 12.6 Å². The molecular formula is C20H24N2O3. The van der Waals surface area contributed by atoms with E-state index < -0.39 is 0 Å². The maximum Gasteiger partial charge on any atom is 0.244 e. The zero-order valence-corrected chi connectivity index (χ0v) is 15.3. The Labute approximate surface area is 148 Å². The van der Waals surface area contributed by atoms with Gasteiger partial charge in [-0.2, -0.15) is 0 Å². The Morgan fingerprint density at radius 3 is 2.36 bits per heavy atom. The monoisotopic (exact) mass is 340 g/mol. The molecule has 5 heteroatoms. The molecule has 0 unspecified atom stereocenters. The number of nitrogens with zero attached hydrogens (tertiary/aromatic N) is 1. The highest BCUT2D eigenvalue weighted by Gasteiger charge is 2.17. The Kier molecular flexibility index (Phi) is 5.80. The Morgan fingerprint density at radius 1 is 1.04 bits per heavy atom. The summed E-state index contributed by atoms with van der Waals surface area (Å²) >= 11 is 0. The first kappa shape index (κ1) is 18.5. The van der Waals surface area contributed by atoms with Gasteiger partial charge in [-0.15, -0.1) is 0 Å². The van der Waals surface area contributed by atoms with E-state index in [0.29, 0.717) is 17.1 Å². The van der Waals surface area contributed by atoms with Crippen molar-refractivity contribution >= 4 is 23.2 Å². The van der Waals surface area contributed by atoms with Gasteiger partial charge in [0.1, 0.15) is 12.3 Å². The number of hydrogen-bond acceptors (Lipinski definition) is 3. The van der Waals surface area contributed by atoms with E-state index in [1.54, 1.807) is 13.2 Å². The van der Waals surface area contributed by atoms with Gasteiger partial charge in [0.2, 0.25) is 11.8 Å². The van der Waals surface area contributed by atoms with Crippen LogP contribution >= 0.6 is 0 Å².